The molecule has 1 unspecified atom stereocenters. The molecule has 1 aliphatic heterocycles. The Balaban J connectivity index is 0.00000166. The summed E-state index contributed by atoms with van der Waals surface area (Å²) in [6, 6.07) is 9.45. The van der Waals surface area contributed by atoms with E-state index in [4.69, 9.17) is 37.8 Å². The summed E-state index contributed by atoms with van der Waals surface area (Å²) in [4.78, 5) is 46.1. The summed E-state index contributed by atoms with van der Waals surface area (Å²) in [5.41, 5.74) is -4.10. The number of carbonyl (C=O) groups excluding carboxylic acids is 2. The zero-order valence-electron chi connectivity index (χ0n) is 31.4. The molecule has 56 heavy (non-hydrogen) atoms. The van der Waals surface area contributed by atoms with E-state index < -0.39 is 44.7 Å². The molecule has 19 heteroatoms. The van der Waals surface area contributed by atoms with Crippen LogP contribution in [0.2, 0.25) is 5.15 Å². The van der Waals surface area contributed by atoms with Gasteiger partial charge in [0.1, 0.15) is 16.3 Å². The third-order valence-electron chi connectivity index (χ3n) is 8.18. The van der Waals surface area contributed by atoms with Crippen molar-refractivity contribution in [3.63, 3.8) is 0 Å². The highest BCUT2D eigenvalue weighted by atomic mass is 35.5. The number of benzene rings is 2. The van der Waals surface area contributed by atoms with Gasteiger partial charge in [-0.05, 0) is 90.4 Å². The van der Waals surface area contributed by atoms with Gasteiger partial charge in [-0.2, -0.15) is 21.6 Å². The number of pyridine rings is 1. The number of alkyl halides is 3. The van der Waals surface area contributed by atoms with Crippen molar-refractivity contribution in [2.24, 2.45) is 0 Å². The van der Waals surface area contributed by atoms with Crippen molar-refractivity contribution in [1.29, 1.82) is 5.41 Å². The van der Waals surface area contributed by atoms with Crippen LogP contribution in [0.1, 0.15) is 67.7 Å². The van der Waals surface area contributed by atoms with Gasteiger partial charge in [-0.25, -0.2) is 9.78 Å². The molecule has 1 fully saturated rings. The molecule has 13 nitrogen and oxygen atoms in total. The number of piperazine rings is 1. The van der Waals surface area contributed by atoms with E-state index in [-0.39, 0.29) is 33.3 Å². The topological polar surface area (TPSA) is 172 Å². The molecule has 0 spiro atoms. The Morgan fingerprint density at radius 1 is 1.07 bits per heavy atom. The van der Waals surface area contributed by atoms with Crippen molar-refractivity contribution in [2.75, 3.05) is 36.4 Å². The number of aryl methyl sites for hydroxylation is 1. The van der Waals surface area contributed by atoms with Gasteiger partial charge in [0.2, 0.25) is 5.88 Å². The molecule has 302 valence electrons. The molecule has 2 aromatic carbocycles. The Bertz CT molecular complexity index is 2320. The smallest absolute Gasteiger partial charge is 0.444 e. The van der Waals surface area contributed by atoms with Crippen LogP contribution in [0.5, 0.6) is 5.75 Å². The Morgan fingerprint density at radius 3 is 2.27 bits per heavy atom. The lowest BCUT2D eigenvalue weighted by atomic mass is 9.99. The van der Waals surface area contributed by atoms with Crippen LogP contribution >= 0.6 is 23.2 Å². The van der Waals surface area contributed by atoms with Gasteiger partial charge in [0.15, 0.2) is 17.5 Å². The maximum Gasteiger partial charge on any atom is 0.534 e. The van der Waals surface area contributed by atoms with Gasteiger partial charge in [-0.15, -0.1) is 0 Å². The second kappa shape index (κ2) is 17.1. The highest BCUT2D eigenvalue weighted by Gasteiger charge is 2.48. The Morgan fingerprint density at radius 2 is 1.70 bits per heavy atom. The van der Waals surface area contributed by atoms with E-state index in [9.17, 15) is 36.0 Å². The fraction of sp³-hybridized carbons (Fsp3) is 0.378. The molecule has 2 N–H and O–H groups in total. The Labute approximate surface area is 331 Å². The van der Waals surface area contributed by atoms with Crippen LogP contribution in [0.4, 0.5) is 29.5 Å². The third-order valence-corrected chi connectivity index (χ3v) is 9.35. The van der Waals surface area contributed by atoms with Crippen molar-refractivity contribution in [3.05, 3.63) is 80.1 Å². The second-order valence-corrected chi connectivity index (χ2v) is 16.3. The minimum absolute atomic E-state index is 0.0553. The van der Waals surface area contributed by atoms with Crippen LogP contribution in [-0.4, -0.2) is 73.1 Å². The molecule has 1 amide bonds. The number of halogens is 5. The molecular formula is C37H40Cl2F3N5O8S. The summed E-state index contributed by atoms with van der Waals surface area (Å²) in [5, 5.41) is 10.2. The minimum atomic E-state index is -6.04. The molecule has 5 rings (SSSR count). The molecule has 3 heterocycles. The van der Waals surface area contributed by atoms with E-state index in [0.29, 0.717) is 59.8 Å². The maximum atomic E-state index is 13.8. The zero-order valence-corrected chi connectivity index (χ0v) is 33.8. The van der Waals surface area contributed by atoms with Crippen molar-refractivity contribution >= 4 is 73.4 Å². The van der Waals surface area contributed by atoms with E-state index in [0.717, 1.165) is 17.7 Å². The van der Waals surface area contributed by atoms with E-state index in [1.54, 1.807) is 44.7 Å². The molecule has 1 aliphatic rings. The van der Waals surface area contributed by atoms with Crippen LogP contribution in [0.15, 0.2) is 51.7 Å². The van der Waals surface area contributed by atoms with Gasteiger partial charge in [-0.3, -0.25) is 15.0 Å². The van der Waals surface area contributed by atoms with Crippen LogP contribution in [0.25, 0.3) is 22.2 Å². The number of hydrogen-bond acceptors (Lipinski definition) is 12. The quantitative estimate of drug-likeness (QED) is 0.0572. The van der Waals surface area contributed by atoms with Gasteiger partial charge in [0.05, 0.1) is 39.1 Å². The number of nitrogens with zero attached hydrogens (tertiary/aromatic N) is 3. The first-order chi connectivity index (χ1) is 25.9. The number of hydrogen-bond donors (Lipinski definition) is 2. The van der Waals surface area contributed by atoms with Gasteiger partial charge >= 0.3 is 21.7 Å². The highest BCUT2D eigenvalue weighted by Crippen LogP contribution is 2.37. The van der Waals surface area contributed by atoms with E-state index in [2.05, 4.69) is 14.5 Å². The van der Waals surface area contributed by atoms with Crippen molar-refractivity contribution in [1.82, 2.24) is 9.88 Å². The first kappa shape index (κ1) is 43.9. The largest absolute Gasteiger partial charge is 0.534 e. The molecular weight excluding hydrogens is 802 g/mol. The lowest BCUT2D eigenvalue weighted by Crippen LogP contribution is -2.50. The first-order valence-corrected chi connectivity index (χ1v) is 19.1. The number of aldehydes is 1. The van der Waals surface area contributed by atoms with E-state index in [1.807, 2.05) is 24.8 Å². The average molecular weight is 843 g/mol. The molecule has 0 saturated carbocycles. The van der Waals surface area contributed by atoms with Crippen molar-refractivity contribution in [3.8, 4) is 17.0 Å². The minimum Gasteiger partial charge on any atom is -0.444 e. The van der Waals surface area contributed by atoms with Gasteiger partial charge in [-0.1, -0.05) is 29.3 Å². The lowest BCUT2D eigenvalue weighted by molar-refractivity contribution is -0.0500. The van der Waals surface area contributed by atoms with E-state index in [1.165, 1.54) is 19.1 Å². The predicted octanol–water partition coefficient (Wildman–Crippen LogP) is 8.62. The Kier molecular flexibility index (Phi) is 13.4. The number of carbonyl (C=O) groups is 2. The maximum absolute atomic E-state index is 13.8. The molecule has 4 aromatic rings. The summed E-state index contributed by atoms with van der Waals surface area (Å²) in [6.45, 7) is 13.8. The number of rotatable bonds is 8. The van der Waals surface area contributed by atoms with Crippen LogP contribution in [0.3, 0.4) is 0 Å². The van der Waals surface area contributed by atoms with Crippen LogP contribution in [0, 0.1) is 19.3 Å². The Hall–Kier alpha value is -4.87. The van der Waals surface area contributed by atoms with Gasteiger partial charge in [0.25, 0.3) is 0 Å². The van der Waals surface area contributed by atoms with Gasteiger partial charge < -0.3 is 28.5 Å². The number of nitrogens with one attached hydrogen (secondary N) is 2. The first-order valence-electron chi connectivity index (χ1n) is 17.0. The standard InChI is InChI=1S/C35H36ClF3N4O8S.C2H4ClN/c1-19-15-24(31-25(16-19)30(45)20(2)32(49-31)42-11-13-43(14-12-42)33(46)50-34(4,5)6)21(3)40-26-8-10-28(36)41-29(26)22-7-9-27(23(17-22)18-44)51-52(47,48)35(37,38)39;1-2(3)4/h7-10,15-18,21,40H,11-14H2,1-6H3;4H,1H3. The molecule has 1 atom stereocenters. The number of aromatic nitrogens is 1. The summed E-state index contributed by atoms with van der Waals surface area (Å²) in [7, 11) is -6.04. The average Bonchev–Trinajstić information content (AvgIpc) is 3.09. The SMILES string of the molecule is CC(=N)Cl.Cc1cc(C(C)Nc2ccc(Cl)nc2-c2ccc(OS(=O)(=O)C(F)(F)F)c(C=O)c2)c2oc(N3CCN(C(=O)OC(C)(C)C)CC3)c(C)c(=O)c2c1. The monoisotopic (exact) mass is 841 g/mol. The third kappa shape index (κ3) is 10.5. The summed E-state index contributed by atoms with van der Waals surface area (Å²) >= 11 is 11.1. The highest BCUT2D eigenvalue weighted by molar-refractivity contribution is 7.88. The molecule has 0 bridgehead atoms. The summed E-state index contributed by atoms with van der Waals surface area (Å²) in [6.07, 6.45) is -0.262. The number of amides is 1. The fourth-order valence-electron chi connectivity index (χ4n) is 5.71. The lowest BCUT2D eigenvalue weighted by Gasteiger charge is -2.36. The van der Waals surface area contributed by atoms with E-state index >= 15 is 0 Å². The second-order valence-electron chi connectivity index (χ2n) is 13.8. The van der Waals surface area contributed by atoms with Crippen LogP contribution < -0.4 is 19.8 Å². The predicted molar refractivity (Wildman–Crippen MR) is 209 cm³/mol. The van der Waals surface area contributed by atoms with Gasteiger partial charge in [0, 0.05) is 37.3 Å². The number of anilines is 2. The summed E-state index contributed by atoms with van der Waals surface area (Å²) in [5.74, 6) is -0.441. The normalized spacial score (nSPS) is 14.1. The molecule has 0 aliphatic carbocycles. The zero-order chi connectivity index (χ0) is 41.9. The van der Waals surface area contributed by atoms with Crippen LogP contribution in [-0.2, 0) is 14.9 Å². The van der Waals surface area contributed by atoms with Crippen molar-refractivity contribution in [2.45, 2.75) is 65.6 Å². The molecule has 0 radical (unpaired) electrons. The van der Waals surface area contributed by atoms with Crippen molar-refractivity contribution < 1.29 is 44.5 Å². The molecule has 1 saturated heterocycles. The fourth-order valence-corrected chi connectivity index (χ4v) is 6.34. The molecule has 2 aromatic heterocycles. The number of fused-ring (bicyclic) bond motifs is 1. The summed E-state index contributed by atoms with van der Waals surface area (Å²) < 4.78 is 78.2. The number of ether oxygens (including phenoxy) is 1.